The van der Waals surface area contributed by atoms with E-state index in [1.54, 1.807) is 6.92 Å². The number of carbonyl (C=O) groups excluding carboxylic acids is 1. The van der Waals surface area contributed by atoms with Gasteiger partial charge < -0.3 is 10.2 Å². The van der Waals surface area contributed by atoms with E-state index < -0.39 is 0 Å². The normalized spacial score (nSPS) is 24.6. The van der Waals surface area contributed by atoms with E-state index in [2.05, 4.69) is 26.1 Å². The highest BCUT2D eigenvalue weighted by atomic mass is 16.2. The minimum absolute atomic E-state index is 0.166. The molecular formula is C10H20N2O. The van der Waals surface area contributed by atoms with Gasteiger partial charge in [-0.15, -0.1) is 0 Å². The van der Waals surface area contributed by atoms with E-state index in [1.807, 2.05) is 4.90 Å². The van der Waals surface area contributed by atoms with Crippen LogP contribution in [0.5, 0.6) is 0 Å². The number of piperazine rings is 1. The SMILES string of the molecule is CC(=O)N1CCNCC1C(C)(C)C. The quantitative estimate of drug-likeness (QED) is 0.605. The highest BCUT2D eigenvalue weighted by molar-refractivity contribution is 5.73. The zero-order chi connectivity index (χ0) is 10.1. The zero-order valence-corrected chi connectivity index (χ0v) is 9.05. The molecule has 0 aliphatic carbocycles. The van der Waals surface area contributed by atoms with E-state index in [1.165, 1.54) is 0 Å². The third kappa shape index (κ3) is 2.44. The van der Waals surface area contributed by atoms with Gasteiger partial charge in [-0.1, -0.05) is 20.8 Å². The number of rotatable bonds is 0. The Balaban J connectivity index is 2.73. The maximum absolute atomic E-state index is 11.4. The van der Waals surface area contributed by atoms with Crippen LogP contribution in [-0.2, 0) is 4.79 Å². The molecule has 0 aromatic heterocycles. The Kier molecular flexibility index (Phi) is 2.96. The summed E-state index contributed by atoms with van der Waals surface area (Å²) >= 11 is 0. The van der Waals surface area contributed by atoms with Gasteiger partial charge in [-0.05, 0) is 5.41 Å². The summed E-state index contributed by atoms with van der Waals surface area (Å²) in [6.45, 7) is 10.9. The van der Waals surface area contributed by atoms with Gasteiger partial charge in [0.25, 0.3) is 0 Å². The minimum atomic E-state index is 0.166. The molecule has 1 rings (SSSR count). The van der Waals surface area contributed by atoms with Gasteiger partial charge in [0, 0.05) is 32.6 Å². The Bertz CT molecular complexity index is 196. The molecule has 0 spiro atoms. The number of carbonyl (C=O) groups is 1. The highest BCUT2D eigenvalue weighted by Gasteiger charge is 2.33. The molecule has 1 N–H and O–H groups in total. The van der Waals surface area contributed by atoms with Crippen LogP contribution in [0.2, 0.25) is 0 Å². The van der Waals surface area contributed by atoms with Crippen molar-refractivity contribution < 1.29 is 4.79 Å². The largest absolute Gasteiger partial charge is 0.337 e. The van der Waals surface area contributed by atoms with Crippen molar-refractivity contribution in [1.29, 1.82) is 0 Å². The standard InChI is InChI=1S/C10H20N2O/c1-8(13)12-6-5-11-7-9(12)10(2,3)4/h9,11H,5-7H2,1-4H3. The minimum Gasteiger partial charge on any atom is -0.337 e. The molecule has 1 aliphatic heterocycles. The third-order valence-corrected chi connectivity index (χ3v) is 2.65. The van der Waals surface area contributed by atoms with Crippen LogP contribution in [0.15, 0.2) is 0 Å². The fraction of sp³-hybridized carbons (Fsp3) is 0.900. The number of hydrogen-bond acceptors (Lipinski definition) is 2. The number of nitrogens with zero attached hydrogens (tertiary/aromatic N) is 1. The van der Waals surface area contributed by atoms with Gasteiger partial charge in [-0.3, -0.25) is 4.79 Å². The van der Waals surface area contributed by atoms with Crippen molar-refractivity contribution in [3.8, 4) is 0 Å². The summed E-state index contributed by atoms with van der Waals surface area (Å²) in [6, 6.07) is 0.332. The molecule has 0 aromatic rings. The molecule has 3 heteroatoms. The van der Waals surface area contributed by atoms with Crippen molar-refractivity contribution in [3.63, 3.8) is 0 Å². The predicted molar refractivity (Wildman–Crippen MR) is 53.5 cm³/mol. The molecule has 1 amide bonds. The average Bonchev–Trinajstić information content (AvgIpc) is 2.03. The van der Waals surface area contributed by atoms with E-state index >= 15 is 0 Å². The monoisotopic (exact) mass is 184 g/mol. The van der Waals surface area contributed by atoms with Crippen LogP contribution in [0.4, 0.5) is 0 Å². The maximum Gasteiger partial charge on any atom is 0.219 e. The molecule has 1 aliphatic rings. The summed E-state index contributed by atoms with van der Waals surface area (Å²) in [6.07, 6.45) is 0. The molecule has 13 heavy (non-hydrogen) atoms. The molecule has 1 unspecified atom stereocenters. The van der Waals surface area contributed by atoms with Crippen LogP contribution < -0.4 is 5.32 Å². The van der Waals surface area contributed by atoms with Gasteiger partial charge in [-0.2, -0.15) is 0 Å². The Morgan fingerprint density at radius 3 is 2.46 bits per heavy atom. The Hall–Kier alpha value is -0.570. The van der Waals surface area contributed by atoms with E-state index in [0.29, 0.717) is 6.04 Å². The predicted octanol–water partition coefficient (Wildman–Crippen LogP) is 0.853. The first kappa shape index (κ1) is 10.5. The maximum atomic E-state index is 11.4. The summed E-state index contributed by atoms with van der Waals surface area (Å²) in [4.78, 5) is 13.3. The van der Waals surface area contributed by atoms with Crippen LogP contribution >= 0.6 is 0 Å². The second kappa shape index (κ2) is 3.66. The fourth-order valence-electron chi connectivity index (χ4n) is 1.85. The summed E-state index contributed by atoms with van der Waals surface area (Å²) in [5, 5.41) is 3.33. The average molecular weight is 184 g/mol. The van der Waals surface area contributed by atoms with Crippen molar-refractivity contribution in [2.75, 3.05) is 19.6 Å². The van der Waals surface area contributed by atoms with E-state index in [0.717, 1.165) is 19.6 Å². The van der Waals surface area contributed by atoms with Gasteiger partial charge in [0.15, 0.2) is 0 Å². The van der Waals surface area contributed by atoms with Gasteiger partial charge in [0.2, 0.25) is 5.91 Å². The van der Waals surface area contributed by atoms with Gasteiger partial charge in [-0.25, -0.2) is 0 Å². The van der Waals surface area contributed by atoms with Crippen molar-refractivity contribution in [3.05, 3.63) is 0 Å². The third-order valence-electron chi connectivity index (χ3n) is 2.65. The zero-order valence-electron chi connectivity index (χ0n) is 9.05. The smallest absolute Gasteiger partial charge is 0.219 e. The lowest BCUT2D eigenvalue weighted by atomic mass is 9.84. The number of hydrogen-bond donors (Lipinski definition) is 1. The van der Waals surface area contributed by atoms with Crippen molar-refractivity contribution in [2.24, 2.45) is 5.41 Å². The fourth-order valence-corrected chi connectivity index (χ4v) is 1.85. The van der Waals surface area contributed by atoms with Crippen molar-refractivity contribution in [1.82, 2.24) is 10.2 Å². The lowest BCUT2D eigenvalue weighted by Gasteiger charge is -2.43. The first-order valence-electron chi connectivity index (χ1n) is 4.91. The van der Waals surface area contributed by atoms with Crippen LogP contribution in [0.1, 0.15) is 27.7 Å². The van der Waals surface area contributed by atoms with Gasteiger partial charge >= 0.3 is 0 Å². The number of nitrogens with one attached hydrogen (secondary N) is 1. The Labute approximate surface area is 80.5 Å². The first-order chi connectivity index (χ1) is 5.93. The second-order valence-corrected chi connectivity index (χ2v) is 4.80. The van der Waals surface area contributed by atoms with E-state index in [-0.39, 0.29) is 11.3 Å². The van der Waals surface area contributed by atoms with Crippen LogP contribution in [0.25, 0.3) is 0 Å². The van der Waals surface area contributed by atoms with Crippen molar-refractivity contribution in [2.45, 2.75) is 33.7 Å². The van der Waals surface area contributed by atoms with Crippen LogP contribution in [-0.4, -0.2) is 36.5 Å². The lowest BCUT2D eigenvalue weighted by molar-refractivity contribution is -0.134. The van der Waals surface area contributed by atoms with E-state index in [4.69, 9.17) is 0 Å². The molecule has 0 saturated carbocycles. The topological polar surface area (TPSA) is 32.3 Å². The summed E-state index contributed by atoms with van der Waals surface area (Å²) < 4.78 is 0. The lowest BCUT2D eigenvalue weighted by Crippen LogP contribution is -2.57. The molecule has 1 fully saturated rings. The molecule has 1 atom stereocenters. The molecule has 3 nitrogen and oxygen atoms in total. The van der Waals surface area contributed by atoms with Crippen molar-refractivity contribution >= 4 is 5.91 Å². The highest BCUT2D eigenvalue weighted by Crippen LogP contribution is 2.25. The molecule has 76 valence electrons. The Morgan fingerprint density at radius 1 is 1.46 bits per heavy atom. The molecular weight excluding hydrogens is 164 g/mol. The van der Waals surface area contributed by atoms with Gasteiger partial charge in [0.1, 0.15) is 0 Å². The second-order valence-electron chi connectivity index (χ2n) is 4.80. The first-order valence-corrected chi connectivity index (χ1v) is 4.91. The molecule has 0 aromatic carbocycles. The van der Waals surface area contributed by atoms with E-state index in [9.17, 15) is 4.79 Å². The van der Waals surface area contributed by atoms with Crippen LogP contribution in [0.3, 0.4) is 0 Å². The summed E-state index contributed by atoms with van der Waals surface area (Å²) in [5.41, 5.74) is 0.166. The molecule has 0 bridgehead atoms. The number of amides is 1. The Morgan fingerprint density at radius 2 is 2.08 bits per heavy atom. The molecule has 0 radical (unpaired) electrons. The van der Waals surface area contributed by atoms with Crippen LogP contribution in [0, 0.1) is 5.41 Å². The molecule has 1 saturated heterocycles. The molecule has 1 heterocycles. The van der Waals surface area contributed by atoms with Gasteiger partial charge in [0.05, 0.1) is 0 Å². The summed E-state index contributed by atoms with van der Waals surface area (Å²) in [5.74, 6) is 0.196. The summed E-state index contributed by atoms with van der Waals surface area (Å²) in [7, 11) is 0.